The zero-order chi connectivity index (χ0) is 28.4. The molecular weight excluding hydrogens is 488 g/mol. The number of hydrogen-bond donors (Lipinski definition) is 0. The highest BCUT2D eigenvalue weighted by Crippen LogP contribution is 2.25. The van der Waals surface area contributed by atoms with E-state index in [9.17, 15) is 9.59 Å². The third-order valence-electron chi connectivity index (χ3n) is 6.49. The lowest BCUT2D eigenvalue weighted by Gasteiger charge is -2.34. The minimum absolute atomic E-state index is 0.0102. The predicted molar refractivity (Wildman–Crippen MR) is 157 cm³/mol. The van der Waals surface area contributed by atoms with Gasteiger partial charge in [-0.15, -0.1) is 0 Å². The van der Waals surface area contributed by atoms with Gasteiger partial charge >= 0.3 is 12.1 Å². The molecule has 0 bridgehead atoms. The lowest BCUT2D eigenvalue weighted by Crippen LogP contribution is -2.46. The van der Waals surface area contributed by atoms with E-state index >= 15 is 0 Å². The maximum Gasteiger partial charge on any atom is 0.414 e. The van der Waals surface area contributed by atoms with Gasteiger partial charge in [-0.1, -0.05) is 72.8 Å². The average Bonchev–Trinajstić information content (AvgIpc) is 2.91. The minimum Gasteiger partial charge on any atom is -0.466 e. The molecule has 39 heavy (non-hydrogen) atoms. The van der Waals surface area contributed by atoms with E-state index in [1.807, 2.05) is 88.4 Å². The van der Waals surface area contributed by atoms with Gasteiger partial charge in [-0.3, -0.25) is 14.6 Å². The summed E-state index contributed by atoms with van der Waals surface area (Å²) in [5.41, 5.74) is 3.34. The molecule has 0 heterocycles. The fourth-order valence-corrected chi connectivity index (χ4v) is 4.33. The number of nitrogens with zero attached hydrogens (tertiary/aromatic N) is 2. The summed E-state index contributed by atoms with van der Waals surface area (Å²) in [5.74, 6) is -0.652. The number of esters is 1. The van der Waals surface area contributed by atoms with Crippen molar-refractivity contribution in [2.24, 2.45) is 0 Å². The maximum absolute atomic E-state index is 13.5. The van der Waals surface area contributed by atoms with Crippen molar-refractivity contribution < 1.29 is 19.1 Å². The van der Waals surface area contributed by atoms with Crippen molar-refractivity contribution in [3.8, 4) is 0 Å². The summed E-state index contributed by atoms with van der Waals surface area (Å²) < 4.78 is 11.0. The number of carbonyl (C=O) groups is 2. The fraction of sp³-hybridized carbons (Fsp3) is 0.394. The SMILES string of the molecule is CCOC(=O)C(C)c1ccc(N(C[C@@H](C)N(Cc2ccccc2)Cc2ccccc2)C(=O)OC(C)(C)C)cc1. The highest BCUT2D eigenvalue weighted by Gasteiger charge is 2.27. The molecule has 3 aromatic carbocycles. The van der Waals surface area contributed by atoms with E-state index in [0.29, 0.717) is 13.2 Å². The Balaban J connectivity index is 1.88. The zero-order valence-corrected chi connectivity index (χ0v) is 24.1. The smallest absolute Gasteiger partial charge is 0.414 e. The number of amides is 1. The van der Waals surface area contributed by atoms with E-state index in [4.69, 9.17) is 9.47 Å². The van der Waals surface area contributed by atoms with E-state index in [1.54, 1.807) is 11.8 Å². The molecule has 0 radical (unpaired) electrons. The quantitative estimate of drug-likeness (QED) is 0.246. The van der Waals surface area contributed by atoms with Gasteiger partial charge in [-0.2, -0.15) is 0 Å². The Morgan fingerprint density at radius 2 is 1.31 bits per heavy atom. The van der Waals surface area contributed by atoms with Crippen LogP contribution in [0.15, 0.2) is 84.9 Å². The topological polar surface area (TPSA) is 59.1 Å². The van der Waals surface area contributed by atoms with Crippen LogP contribution in [0.25, 0.3) is 0 Å². The number of hydrogen-bond acceptors (Lipinski definition) is 5. The molecule has 6 heteroatoms. The summed E-state index contributed by atoms with van der Waals surface area (Å²) in [6.45, 7) is 13.6. The normalized spacial score (nSPS) is 13.0. The summed E-state index contributed by atoms with van der Waals surface area (Å²) in [4.78, 5) is 29.8. The Labute approximate surface area is 233 Å². The first-order chi connectivity index (χ1) is 18.6. The van der Waals surface area contributed by atoms with Crippen molar-refractivity contribution in [1.29, 1.82) is 0 Å². The van der Waals surface area contributed by atoms with Crippen LogP contribution >= 0.6 is 0 Å². The molecule has 1 unspecified atom stereocenters. The Morgan fingerprint density at radius 1 is 0.795 bits per heavy atom. The Hall–Kier alpha value is -3.64. The van der Waals surface area contributed by atoms with E-state index in [1.165, 1.54) is 11.1 Å². The number of rotatable bonds is 11. The van der Waals surface area contributed by atoms with Gasteiger partial charge in [0.05, 0.1) is 12.5 Å². The van der Waals surface area contributed by atoms with Crippen LogP contribution < -0.4 is 4.90 Å². The van der Waals surface area contributed by atoms with Crippen molar-refractivity contribution >= 4 is 17.7 Å². The molecular formula is C33H42N2O4. The monoisotopic (exact) mass is 530 g/mol. The summed E-state index contributed by atoms with van der Waals surface area (Å²) in [6, 6.07) is 28.3. The molecule has 3 rings (SSSR count). The number of carbonyl (C=O) groups excluding carboxylic acids is 2. The first-order valence-corrected chi connectivity index (χ1v) is 13.7. The van der Waals surface area contributed by atoms with Gasteiger partial charge in [0.25, 0.3) is 0 Å². The second kappa shape index (κ2) is 13.9. The van der Waals surface area contributed by atoms with Crippen LogP contribution in [0.2, 0.25) is 0 Å². The van der Waals surface area contributed by atoms with Crippen LogP contribution in [0, 0.1) is 0 Å². The van der Waals surface area contributed by atoms with Gasteiger partial charge in [0, 0.05) is 31.4 Å². The molecule has 3 aromatic rings. The largest absolute Gasteiger partial charge is 0.466 e. The molecule has 0 fully saturated rings. The second-order valence-electron chi connectivity index (χ2n) is 10.9. The fourth-order valence-electron chi connectivity index (χ4n) is 4.33. The van der Waals surface area contributed by atoms with Crippen LogP contribution in [-0.4, -0.2) is 41.8 Å². The van der Waals surface area contributed by atoms with Gasteiger partial charge in [0.2, 0.25) is 0 Å². The first-order valence-electron chi connectivity index (χ1n) is 13.7. The van der Waals surface area contributed by atoms with Crippen molar-refractivity contribution in [1.82, 2.24) is 4.90 Å². The highest BCUT2D eigenvalue weighted by molar-refractivity contribution is 5.88. The third-order valence-corrected chi connectivity index (χ3v) is 6.49. The van der Waals surface area contributed by atoms with Gasteiger partial charge in [0.1, 0.15) is 5.60 Å². The van der Waals surface area contributed by atoms with Crippen molar-refractivity contribution in [2.45, 2.75) is 72.2 Å². The minimum atomic E-state index is -0.634. The summed E-state index contributed by atoms with van der Waals surface area (Å²) >= 11 is 0. The molecule has 0 aromatic heterocycles. The molecule has 1 amide bonds. The van der Waals surface area contributed by atoms with E-state index in [0.717, 1.165) is 24.3 Å². The summed E-state index contributed by atoms with van der Waals surface area (Å²) in [5, 5.41) is 0. The predicted octanol–water partition coefficient (Wildman–Crippen LogP) is 7.19. The lowest BCUT2D eigenvalue weighted by molar-refractivity contribution is -0.144. The summed E-state index contributed by atoms with van der Waals surface area (Å²) in [7, 11) is 0. The third kappa shape index (κ3) is 9.25. The average molecular weight is 531 g/mol. The van der Waals surface area contributed by atoms with Gasteiger partial charge < -0.3 is 9.47 Å². The van der Waals surface area contributed by atoms with Crippen molar-refractivity contribution in [3.05, 3.63) is 102 Å². The van der Waals surface area contributed by atoms with E-state index in [-0.39, 0.29) is 17.9 Å². The molecule has 2 atom stereocenters. The standard InChI is InChI=1S/C33H42N2O4/c1-7-38-31(36)26(3)29-18-20-30(21-19-29)35(32(37)39-33(4,5)6)22-25(2)34(23-27-14-10-8-11-15-27)24-28-16-12-9-13-17-28/h8-21,25-26H,7,22-24H2,1-6H3/t25-,26?/m1/s1. The van der Waals surface area contributed by atoms with E-state index in [2.05, 4.69) is 36.1 Å². The van der Waals surface area contributed by atoms with Crippen LogP contribution in [0.4, 0.5) is 10.5 Å². The van der Waals surface area contributed by atoms with Crippen LogP contribution in [0.1, 0.15) is 64.2 Å². The maximum atomic E-state index is 13.5. The molecule has 0 aliphatic carbocycles. The van der Waals surface area contributed by atoms with Gasteiger partial charge in [-0.25, -0.2) is 4.79 Å². The Morgan fingerprint density at radius 3 is 1.77 bits per heavy atom. The number of benzene rings is 3. The van der Waals surface area contributed by atoms with E-state index < -0.39 is 11.7 Å². The van der Waals surface area contributed by atoms with Gasteiger partial charge in [0.15, 0.2) is 0 Å². The second-order valence-corrected chi connectivity index (χ2v) is 10.9. The van der Waals surface area contributed by atoms with Crippen LogP contribution in [0.3, 0.4) is 0 Å². The first kappa shape index (κ1) is 29.9. The highest BCUT2D eigenvalue weighted by atomic mass is 16.6. The zero-order valence-electron chi connectivity index (χ0n) is 24.1. The molecule has 0 spiro atoms. The molecule has 0 N–H and O–H groups in total. The number of ether oxygens (including phenoxy) is 2. The molecule has 0 saturated heterocycles. The number of anilines is 1. The molecule has 208 valence electrons. The Bertz CT molecular complexity index is 1130. The Kier molecular flexibility index (Phi) is 10.7. The molecule has 0 aliphatic heterocycles. The summed E-state index contributed by atoms with van der Waals surface area (Å²) in [6.07, 6.45) is -0.403. The van der Waals surface area contributed by atoms with Crippen LogP contribution in [-0.2, 0) is 27.4 Å². The molecule has 0 saturated carbocycles. The van der Waals surface area contributed by atoms with Crippen molar-refractivity contribution in [3.63, 3.8) is 0 Å². The van der Waals surface area contributed by atoms with Crippen molar-refractivity contribution in [2.75, 3.05) is 18.1 Å². The van der Waals surface area contributed by atoms with Gasteiger partial charge in [-0.05, 0) is 70.4 Å². The molecule has 6 nitrogen and oxygen atoms in total. The van der Waals surface area contributed by atoms with Crippen LogP contribution in [0.5, 0.6) is 0 Å². The lowest BCUT2D eigenvalue weighted by atomic mass is 10.0. The molecule has 0 aliphatic rings.